The SMILES string of the molecule is NC1CCN(c2cc(F)cc(Cl)c2)C1=O. The Balaban J connectivity index is 2.34. The molecule has 0 radical (unpaired) electrons. The number of benzene rings is 1. The summed E-state index contributed by atoms with van der Waals surface area (Å²) in [5.41, 5.74) is 6.03. The van der Waals surface area contributed by atoms with Gasteiger partial charge in [-0.3, -0.25) is 4.79 Å². The van der Waals surface area contributed by atoms with Gasteiger partial charge in [-0.1, -0.05) is 11.6 Å². The van der Waals surface area contributed by atoms with Gasteiger partial charge in [-0.05, 0) is 24.6 Å². The minimum atomic E-state index is -0.480. The molecule has 1 atom stereocenters. The molecule has 2 N–H and O–H groups in total. The molecular formula is C10H10ClFN2O. The predicted molar refractivity (Wildman–Crippen MR) is 56.4 cm³/mol. The number of amides is 1. The number of nitrogens with two attached hydrogens (primary N) is 1. The zero-order valence-corrected chi connectivity index (χ0v) is 8.67. The maximum Gasteiger partial charge on any atom is 0.243 e. The first-order valence-electron chi connectivity index (χ1n) is 4.61. The third-order valence-electron chi connectivity index (χ3n) is 2.41. The van der Waals surface area contributed by atoms with Crippen LogP contribution in [-0.4, -0.2) is 18.5 Å². The van der Waals surface area contributed by atoms with Gasteiger partial charge in [0.05, 0.1) is 6.04 Å². The van der Waals surface area contributed by atoms with E-state index in [-0.39, 0.29) is 10.9 Å². The highest BCUT2D eigenvalue weighted by atomic mass is 35.5. The molecule has 2 rings (SSSR count). The molecule has 0 bridgehead atoms. The Labute approximate surface area is 91.6 Å². The van der Waals surface area contributed by atoms with E-state index in [4.69, 9.17) is 17.3 Å². The Bertz CT molecular complexity index is 390. The number of hydrogen-bond acceptors (Lipinski definition) is 2. The smallest absolute Gasteiger partial charge is 0.243 e. The minimum Gasteiger partial charge on any atom is -0.320 e. The highest BCUT2D eigenvalue weighted by molar-refractivity contribution is 6.31. The Morgan fingerprint density at radius 1 is 1.47 bits per heavy atom. The number of carbonyl (C=O) groups excluding carboxylic acids is 1. The maximum atomic E-state index is 13.1. The van der Waals surface area contributed by atoms with Crippen molar-refractivity contribution in [3.8, 4) is 0 Å². The zero-order valence-electron chi connectivity index (χ0n) is 7.91. The van der Waals surface area contributed by atoms with E-state index in [0.717, 1.165) is 0 Å². The Hall–Kier alpha value is -1.13. The molecule has 5 heteroatoms. The molecule has 0 spiro atoms. The summed E-state index contributed by atoms with van der Waals surface area (Å²) < 4.78 is 13.1. The first-order valence-corrected chi connectivity index (χ1v) is 4.99. The molecule has 1 aliphatic rings. The predicted octanol–water partition coefficient (Wildman–Crippen LogP) is 1.54. The molecule has 0 saturated carbocycles. The number of anilines is 1. The van der Waals surface area contributed by atoms with Crippen molar-refractivity contribution in [2.24, 2.45) is 5.73 Å². The minimum absolute atomic E-state index is 0.184. The second-order valence-electron chi connectivity index (χ2n) is 3.51. The molecule has 80 valence electrons. The van der Waals surface area contributed by atoms with Gasteiger partial charge in [0.2, 0.25) is 5.91 Å². The molecular weight excluding hydrogens is 219 g/mol. The van der Waals surface area contributed by atoms with E-state index in [1.54, 1.807) is 6.07 Å². The van der Waals surface area contributed by atoms with Crippen LogP contribution in [0.2, 0.25) is 5.02 Å². The lowest BCUT2D eigenvalue weighted by Crippen LogP contribution is -2.33. The van der Waals surface area contributed by atoms with E-state index in [2.05, 4.69) is 0 Å². The van der Waals surface area contributed by atoms with E-state index in [9.17, 15) is 9.18 Å². The van der Waals surface area contributed by atoms with Gasteiger partial charge >= 0.3 is 0 Å². The van der Waals surface area contributed by atoms with Crippen molar-refractivity contribution in [1.29, 1.82) is 0 Å². The molecule has 0 aliphatic carbocycles. The highest BCUT2D eigenvalue weighted by Crippen LogP contribution is 2.25. The van der Waals surface area contributed by atoms with Crippen molar-refractivity contribution in [2.45, 2.75) is 12.5 Å². The van der Waals surface area contributed by atoms with E-state index in [0.29, 0.717) is 18.7 Å². The Morgan fingerprint density at radius 2 is 2.20 bits per heavy atom. The average Bonchev–Trinajstić information content (AvgIpc) is 2.46. The van der Waals surface area contributed by atoms with Crippen LogP contribution in [0.4, 0.5) is 10.1 Å². The van der Waals surface area contributed by atoms with Gasteiger partial charge < -0.3 is 10.6 Å². The molecule has 3 nitrogen and oxygen atoms in total. The van der Waals surface area contributed by atoms with Crippen molar-refractivity contribution in [1.82, 2.24) is 0 Å². The highest BCUT2D eigenvalue weighted by Gasteiger charge is 2.29. The van der Waals surface area contributed by atoms with Crippen molar-refractivity contribution in [3.05, 3.63) is 29.0 Å². The molecule has 1 heterocycles. The third kappa shape index (κ3) is 1.96. The molecule has 1 aliphatic heterocycles. The molecule has 15 heavy (non-hydrogen) atoms. The number of nitrogens with zero attached hydrogens (tertiary/aromatic N) is 1. The van der Waals surface area contributed by atoms with Crippen molar-refractivity contribution in [3.63, 3.8) is 0 Å². The van der Waals surface area contributed by atoms with Gasteiger partial charge in [0.15, 0.2) is 0 Å². The van der Waals surface area contributed by atoms with E-state index in [1.807, 2.05) is 0 Å². The molecule has 1 saturated heterocycles. The topological polar surface area (TPSA) is 46.3 Å². The largest absolute Gasteiger partial charge is 0.320 e. The third-order valence-corrected chi connectivity index (χ3v) is 2.62. The standard InChI is InChI=1S/C10H10ClFN2O/c11-6-3-7(12)5-8(4-6)14-2-1-9(13)10(14)15/h3-5,9H,1-2,13H2. The fourth-order valence-corrected chi connectivity index (χ4v) is 1.87. The number of carbonyl (C=O) groups is 1. The lowest BCUT2D eigenvalue weighted by molar-refractivity contribution is -0.118. The van der Waals surface area contributed by atoms with Crippen LogP contribution in [-0.2, 0) is 4.79 Å². The van der Waals surface area contributed by atoms with Crippen LogP contribution in [0, 0.1) is 5.82 Å². The summed E-state index contributed by atoms with van der Waals surface area (Å²) in [5.74, 6) is -0.637. The summed E-state index contributed by atoms with van der Waals surface area (Å²) in [6, 6.07) is 3.56. The summed E-state index contributed by atoms with van der Waals surface area (Å²) in [6.45, 7) is 0.514. The molecule has 1 fully saturated rings. The maximum absolute atomic E-state index is 13.1. The van der Waals surface area contributed by atoms with Crippen LogP contribution in [0.1, 0.15) is 6.42 Å². The number of rotatable bonds is 1. The van der Waals surface area contributed by atoms with E-state index >= 15 is 0 Å². The lowest BCUT2D eigenvalue weighted by Gasteiger charge is -2.16. The zero-order chi connectivity index (χ0) is 11.0. The van der Waals surface area contributed by atoms with Crippen LogP contribution in [0.15, 0.2) is 18.2 Å². The second kappa shape index (κ2) is 3.79. The van der Waals surface area contributed by atoms with Gasteiger partial charge in [0.1, 0.15) is 5.82 Å². The van der Waals surface area contributed by atoms with Crippen LogP contribution < -0.4 is 10.6 Å². The van der Waals surface area contributed by atoms with Gasteiger partial charge in [-0.15, -0.1) is 0 Å². The Morgan fingerprint density at radius 3 is 2.73 bits per heavy atom. The molecule has 1 aromatic rings. The first kappa shape index (κ1) is 10.4. The van der Waals surface area contributed by atoms with Gasteiger partial charge in [-0.2, -0.15) is 0 Å². The monoisotopic (exact) mass is 228 g/mol. The van der Waals surface area contributed by atoms with Gasteiger partial charge in [0.25, 0.3) is 0 Å². The second-order valence-corrected chi connectivity index (χ2v) is 3.95. The van der Waals surface area contributed by atoms with Crippen LogP contribution >= 0.6 is 11.6 Å². The van der Waals surface area contributed by atoms with Crippen molar-refractivity contribution >= 4 is 23.2 Å². The van der Waals surface area contributed by atoms with E-state index < -0.39 is 11.9 Å². The van der Waals surface area contributed by atoms with Gasteiger partial charge in [0, 0.05) is 17.3 Å². The summed E-state index contributed by atoms with van der Waals surface area (Å²) in [4.78, 5) is 13.0. The fraction of sp³-hybridized carbons (Fsp3) is 0.300. The summed E-state index contributed by atoms with van der Waals surface area (Å²) in [5, 5.41) is 0.276. The number of hydrogen-bond donors (Lipinski definition) is 1. The van der Waals surface area contributed by atoms with Crippen LogP contribution in [0.3, 0.4) is 0 Å². The normalized spacial score (nSPS) is 21.1. The lowest BCUT2D eigenvalue weighted by atomic mass is 10.3. The number of halogens is 2. The average molecular weight is 229 g/mol. The quantitative estimate of drug-likeness (QED) is 0.793. The molecule has 1 unspecified atom stereocenters. The van der Waals surface area contributed by atoms with Crippen molar-refractivity contribution in [2.75, 3.05) is 11.4 Å². The summed E-state index contributed by atoms with van der Waals surface area (Å²) in [6.07, 6.45) is 0.590. The molecule has 1 aromatic carbocycles. The first-order chi connectivity index (χ1) is 7.08. The van der Waals surface area contributed by atoms with Crippen molar-refractivity contribution < 1.29 is 9.18 Å². The van der Waals surface area contributed by atoms with E-state index in [1.165, 1.54) is 17.0 Å². The molecule has 0 aromatic heterocycles. The fourth-order valence-electron chi connectivity index (χ4n) is 1.65. The Kier molecular flexibility index (Phi) is 2.63. The van der Waals surface area contributed by atoms with Gasteiger partial charge in [-0.25, -0.2) is 4.39 Å². The summed E-state index contributed by atoms with van der Waals surface area (Å²) in [7, 11) is 0. The molecule has 1 amide bonds. The van der Waals surface area contributed by atoms with Crippen LogP contribution in [0.5, 0.6) is 0 Å². The summed E-state index contributed by atoms with van der Waals surface area (Å²) >= 11 is 5.70. The van der Waals surface area contributed by atoms with Crippen LogP contribution in [0.25, 0.3) is 0 Å².